The zero-order valence-electron chi connectivity index (χ0n) is 13.2. The van der Waals surface area contributed by atoms with Gasteiger partial charge in [0, 0.05) is 30.2 Å². The molecule has 0 bridgehead atoms. The van der Waals surface area contributed by atoms with Crippen molar-refractivity contribution in [1.29, 1.82) is 0 Å². The van der Waals surface area contributed by atoms with Crippen molar-refractivity contribution >= 4 is 23.5 Å². The van der Waals surface area contributed by atoms with E-state index in [0.29, 0.717) is 5.75 Å². The van der Waals surface area contributed by atoms with Gasteiger partial charge in [-0.1, -0.05) is 0 Å². The molecule has 0 saturated carbocycles. The van der Waals surface area contributed by atoms with E-state index in [1.807, 2.05) is 12.1 Å². The molecule has 2 aromatic rings. The van der Waals surface area contributed by atoms with E-state index >= 15 is 0 Å². The van der Waals surface area contributed by atoms with Crippen molar-refractivity contribution in [2.45, 2.75) is 23.8 Å². The Labute approximate surface area is 144 Å². The van der Waals surface area contributed by atoms with Crippen LogP contribution in [0.4, 0.5) is 10.2 Å². The Hall–Kier alpha value is -2.15. The third-order valence-corrected chi connectivity index (χ3v) is 4.86. The normalized spacial score (nSPS) is 17.5. The third-order valence-electron chi connectivity index (χ3n) is 3.85. The first kappa shape index (κ1) is 16.7. The largest absolute Gasteiger partial charge is 0.353 e. The fourth-order valence-electron chi connectivity index (χ4n) is 2.71. The average Bonchev–Trinajstić information content (AvgIpc) is 2.62. The highest BCUT2D eigenvalue weighted by Gasteiger charge is 2.22. The van der Waals surface area contributed by atoms with Gasteiger partial charge in [-0.3, -0.25) is 4.79 Å². The van der Waals surface area contributed by atoms with Crippen molar-refractivity contribution in [2.75, 3.05) is 23.7 Å². The van der Waals surface area contributed by atoms with Crippen molar-refractivity contribution in [3.05, 3.63) is 48.4 Å². The third kappa shape index (κ3) is 4.67. The Morgan fingerprint density at radius 1 is 1.33 bits per heavy atom. The van der Waals surface area contributed by atoms with Gasteiger partial charge in [0.2, 0.25) is 5.91 Å². The Balaban J connectivity index is 1.48. The monoisotopic (exact) mass is 346 g/mol. The van der Waals surface area contributed by atoms with Crippen LogP contribution >= 0.6 is 11.8 Å². The van der Waals surface area contributed by atoms with Crippen LogP contribution in [-0.4, -0.2) is 41.0 Å². The van der Waals surface area contributed by atoms with Gasteiger partial charge in [-0.2, -0.15) is 5.10 Å². The van der Waals surface area contributed by atoms with Crippen molar-refractivity contribution in [2.24, 2.45) is 0 Å². The quantitative estimate of drug-likeness (QED) is 0.843. The number of hydrogen-bond donors (Lipinski definition) is 1. The van der Waals surface area contributed by atoms with Crippen LogP contribution in [0.25, 0.3) is 0 Å². The Morgan fingerprint density at radius 3 is 2.92 bits per heavy atom. The summed E-state index contributed by atoms with van der Waals surface area (Å²) in [4.78, 5) is 15.2. The lowest BCUT2D eigenvalue weighted by atomic mass is 10.1. The number of nitrogens with zero attached hydrogens (tertiary/aromatic N) is 3. The number of halogens is 1. The van der Waals surface area contributed by atoms with E-state index in [9.17, 15) is 9.18 Å². The van der Waals surface area contributed by atoms with E-state index in [2.05, 4.69) is 20.4 Å². The minimum atomic E-state index is -0.268. The predicted octanol–water partition coefficient (Wildman–Crippen LogP) is 2.49. The van der Waals surface area contributed by atoms with Crippen LogP contribution in [0, 0.1) is 5.82 Å². The van der Waals surface area contributed by atoms with Gasteiger partial charge in [0.15, 0.2) is 5.82 Å². The molecule has 0 unspecified atom stereocenters. The second kappa shape index (κ2) is 8.10. The van der Waals surface area contributed by atoms with Crippen LogP contribution in [0.2, 0.25) is 0 Å². The van der Waals surface area contributed by atoms with Crippen LogP contribution < -0.4 is 10.2 Å². The summed E-state index contributed by atoms with van der Waals surface area (Å²) in [6.07, 6.45) is 3.62. The minimum absolute atomic E-state index is 0.00433. The average molecular weight is 346 g/mol. The summed E-state index contributed by atoms with van der Waals surface area (Å²) in [5, 5.41) is 11.1. The SMILES string of the molecule is O=C(CSc1ccc(F)cc1)N[C@@H]1CCCN(c2cccnn2)C1. The molecule has 24 heavy (non-hydrogen) atoms. The van der Waals surface area contributed by atoms with E-state index in [1.54, 1.807) is 18.3 Å². The van der Waals surface area contributed by atoms with Gasteiger partial charge < -0.3 is 10.2 Å². The first-order valence-electron chi connectivity index (χ1n) is 7.91. The lowest BCUT2D eigenvalue weighted by Gasteiger charge is -2.33. The lowest BCUT2D eigenvalue weighted by molar-refractivity contribution is -0.119. The second-order valence-electron chi connectivity index (χ2n) is 5.68. The molecule has 1 N–H and O–H groups in total. The van der Waals surface area contributed by atoms with Gasteiger partial charge in [-0.25, -0.2) is 4.39 Å². The highest BCUT2D eigenvalue weighted by molar-refractivity contribution is 8.00. The number of piperidine rings is 1. The van der Waals surface area contributed by atoms with Crippen LogP contribution in [-0.2, 0) is 4.79 Å². The van der Waals surface area contributed by atoms with Crippen molar-refractivity contribution in [3.8, 4) is 0 Å². The molecule has 1 saturated heterocycles. The van der Waals surface area contributed by atoms with Crippen molar-refractivity contribution in [1.82, 2.24) is 15.5 Å². The van der Waals surface area contributed by atoms with Gasteiger partial charge in [-0.15, -0.1) is 16.9 Å². The highest BCUT2D eigenvalue weighted by Crippen LogP contribution is 2.19. The van der Waals surface area contributed by atoms with E-state index < -0.39 is 0 Å². The molecule has 5 nitrogen and oxygen atoms in total. The topological polar surface area (TPSA) is 58.1 Å². The van der Waals surface area contributed by atoms with Crippen LogP contribution in [0.15, 0.2) is 47.5 Å². The number of anilines is 1. The number of carbonyl (C=O) groups excluding carboxylic acids is 1. The standard InChI is InChI=1S/C17H19FN4OS/c18-13-5-7-15(8-6-13)24-12-17(23)20-14-3-2-10-22(11-14)16-4-1-9-19-21-16/h1,4-9,14H,2-3,10-12H2,(H,20,23)/t14-/m1/s1. The molecule has 0 spiro atoms. The zero-order valence-corrected chi connectivity index (χ0v) is 14.0. The Morgan fingerprint density at radius 2 is 2.17 bits per heavy atom. The van der Waals surface area contributed by atoms with Crippen LogP contribution in [0.5, 0.6) is 0 Å². The lowest BCUT2D eigenvalue weighted by Crippen LogP contribution is -2.48. The number of carbonyl (C=O) groups is 1. The first-order valence-corrected chi connectivity index (χ1v) is 8.89. The summed E-state index contributed by atoms with van der Waals surface area (Å²) in [6, 6.07) is 10.1. The number of rotatable bonds is 5. The molecule has 7 heteroatoms. The Bertz CT molecular complexity index is 668. The first-order chi connectivity index (χ1) is 11.7. The summed E-state index contributed by atoms with van der Waals surface area (Å²) in [5.41, 5.74) is 0. The predicted molar refractivity (Wildman–Crippen MR) is 92.5 cm³/mol. The molecule has 2 heterocycles. The number of benzene rings is 1. The molecule has 1 atom stereocenters. The molecule has 1 aromatic carbocycles. The van der Waals surface area contributed by atoms with Gasteiger partial charge in [0.1, 0.15) is 5.82 Å². The van der Waals surface area contributed by atoms with E-state index in [4.69, 9.17) is 0 Å². The van der Waals surface area contributed by atoms with Gasteiger partial charge in [0.05, 0.1) is 5.75 Å². The molecule has 1 aliphatic heterocycles. The van der Waals surface area contributed by atoms with Gasteiger partial charge >= 0.3 is 0 Å². The molecule has 0 radical (unpaired) electrons. The number of aromatic nitrogens is 2. The summed E-state index contributed by atoms with van der Waals surface area (Å²) in [5.74, 6) is 0.898. The fourth-order valence-corrected chi connectivity index (χ4v) is 3.42. The second-order valence-corrected chi connectivity index (χ2v) is 6.73. The van der Waals surface area contributed by atoms with Crippen LogP contribution in [0.3, 0.4) is 0 Å². The smallest absolute Gasteiger partial charge is 0.230 e. The summed E-state index contributed by atoms with van der Waals surface area (Å²) >= 11 is 1.41. The van der Waals surface area contributed by atoms with Gasteiger partial charge in [-0.05, 0) is 49.2 Å². The maximum absolute atomic E-state index is 12.9. The van der Waals surface area contributed by atoms with E-state index in [1.165, 1.54) is 23.9 Å². The minimum Gasteiger partial charge on any atom is -0.353 e. The van der Waals surface area contributed by atoms with Crippen molar-refractivity contribution < 1.29 is 9.18 Å². The number of amides is 1. The van der Waals surface area contributed by atoms with Crippen molar-refractivity contribution in [3.63, 3.8) is 0 Å². The molecule has 0 aliphatic carbocycles. The summed E-state index contributed by atoms with van der Waals surface area (Å²) in [6.45, 7) is 1.67. The molecule has 1 aromatic heterocycles. The van der Waals surface area contributed by atoms with Crippen LogP contribution in [0.1, 0.15) is 12.8 Å². The van der Waals surface area contributed by atoms with Gasteiger partial charge in [0.25, 0.3) is 0 Å². The summed E-state index contributed by atoms with van der Waals surface area (Å²) < 4.78 is 12.9. The molecular weight excluding hydrogens is 327 g/mol. The molecular formula is C17H19FN4OS. The van der Waals surface area contributed by atoms with E-state index in [-0.39, 0.29) is 17.8 Å². The zero-order chi connectivity index (χ0) is 16.8. The number of nitrogens with one attached hydrogen (secondary N) is 1. The maximum atomic E-state index is 12.9. The number of thioether (sulfide) groups is 1. The number of hydrogen-bond acceptors (Lipinski definition) is 5. The fraction of sp³-hybridized carbons (Fsp3) is 0.353. The molecule has 3 rings (SSSR count). The molecule has 126 valence electrons. The Kier molecular flexibility index (Phi) is 5.63. The van der Waals surface area contributed by atoms with E-state index in [0.717, 1.165) is 36.6 Å². The molecule has 1 fully saturated rings. The highest BCUT2D eigenvalue weighted by atomic mass is 32.2. The summed E-state index contributed by atoms with van der Waals surface area (Å²) in [7, 11) is 0. The maximum Gasteiger partial charge on any atom is 0.230 e. The molecule has 1 aliphatic rings. The molecule has 1 amide bonds.